The Morgan fingerprint density at radius 3 is 2.27 bits per heavy atom. The minimum atomic E-state index is -0.0118. The van der Waals surface area contributed by atoms with Gasteiger partial charge in [0.1, 0.15) is 0 Å². The third-order valence-corrected chi connectivity index (χ3v) is 5.27. The quantitative estimate of drug-likeness (QED) is 0.772. The van der Waals surface area contributed by atoms with Crippen molar-refractivity contribution < 1.29 is 9.59 Å². The van der Waals surface area contributed by atoms with E-state index in [2.05, 4.69) is 16.8 Å². The average molecular weight is 397 g/mol. The van der Waals surface area contributed by atoms with E-state index in [9.17, 15) is 9.59 Å². The summed E-state index contributed by atoms with van der Waals surface area (Å²) < 4.78 is 0. The van der Waals surface area contributed by atoms with Crippen molar-refractivity contribution in [1.82, 2.24) is 14.7 Å². The average Bonchev–Trinajstić information content (AvgIpc) is 2.58. The van der Waals surface area contributed by atoms with Crippen LogP contribution in [0.4, 0.5) is 5.69 Å². The van der Waals surface area contributed by atoms with Crippen LogP contribution in [-0.2, 0) is 9.59 Å². The largest absolute Gasteiger partial charge is 0.376 e. The van der Waals surface area contributed by atoms with Gasteiger partial charge in [0.05, 0.1) is 6.54 Å². The maximum absolute atomic E-state index is 12.4. The first kappa shape index (κ1) is 19.0. The van der Waals surface area contributed by atoms with E-state index in [1.54, 1.807) is 23.1 Å². The van der Waals surface area contributed by atoms with Crippen molar-refractivity contribution in [3.63, 3.8) is 0 Å². The van der Waals surface area contributed by atoms with Crippen LogP contribution in [0.1, 0.15) is 0 Å². The van der Waals surface area contributed by atoms with E-state index in [4.69, 9.17) is 23.2 Å². The first-order chi connectivity index (χ1) is 12.5. The maximum Gasteiger partial charge on any atom is 0.246 e. The fourth-order valence-corrected chi connectivity index (χ4v) is 3.80. The molecule has 0 aromatic heterocycles. The van der Waals surface area contributed by atoms with Gasteiger partial charge in [-0.25, -0.2) is 0 Å². The standard InChI is InChI=1S/C18H22Cl2N4O2/c1-2-17(25)24-11-16(12-24)22-3-5-23(6-4-22)18(26)10-21-15-8-13(19)7-14(20)9-15/h2,7-9,16,21H,1,3-6,10-12H2. The summed E-state index contributed by atoms with van der Waals surface area (Å²) in [6.07, 6.45) is 1.35. The monoisotopic (exact) mass is 396 g/mol. The van der Waals surface area contributed by atoms with Crippen molar-refractivity contribution >= 4 is 40.7 Å². The first-order valence-electron chi connectivity index (χ1n) is 8.59. The SMILES string of the molecule is C=CC(=O)N1CC(N2CCN(C(=O)CNc3cc(Cl)cc(Cl)c3)CC2)C1. The predicted molar refractivity (Wildman–Crippen MR) is 104 cm³/mol. The van der Waals surface area contributed by atoms with Crippen LogP contribution in [0.25, 0.3) is 0 Å². The smallest absolute Gasteiger partial charge is 0.246 e. The Bertz CT molecular complexity index is 678. The number of carbonyl (C=O) groups is 2. The number of anilines is 1. The zero-order chi connectivity index (χ0) is 18.7. The van der Waals surface area contributed by atoms with Gasteiger partial charge in [-0.15, -0.1) is 0 Å². The molecule has 1 aromatic carbocycles. The zero-order valence-corrected chi connectivity index (χ0v) is 16.0. The number of piperazine rings is 1. The first-order valence-corrected chi connectivity index (χ1v) is 9.35. The molecule has 2 heterocycles. The van der Waals surface area contributed by atoms with E-state index < -0.39 is 0 Å². The van der Waals surface area contributed by atoms with Crippen molar-refractivity contribution in [3.05, 3.63) is 40.9 Å². The molecule has 3 rings (SSSR count). The lowest BCUT2D eigenvalue weighted by molar-refractivity contribution is -0.135. The van der Waals surface area contributed by atoms with Gasteiger partial charge in [0.2, 0.25) is 11.8 Å². The molecule has 0 radical (unpaired) electrons. The minimum Gasteiger partial charge on any atom is -0.376 e. The van der Waals surface area contributed by atoms with Gasteiger partial charge in [-0.2, -0.15) is 0 Å². The van der Waals surface area contributed by atoms with Crippen LogP contribution >= 0.6 is 23.2 Å². The van der Waals surface area contributed by atoms with Gasteiger partial charge in [-0.3, -0.25) is 14.5 Å². The number of carbonyl (C=O) groups excluding carboxylic acids is 2. The summed E-state index contributed by atoms with van der Waals surface area (Å²) in [7, 11) is 0. The van der Waals surface area contributed by atoms with Crippen molar-refractivity contribution in [1.29, 1.82) is 0 Å². The summed E-state index contributed by atoms with van der Waals surface area (Å²) in [5.41, 5.74) is 0.732. The topological polar surface area (TPSA) is 55.9 Å². The second-order valence-corrected chi connectivity index (χ2v) is 7.40. The number of hydrogen-bond donors (Lipinski definition) is 1. The normalized spacial score (nSPS) is 18.4. The Labute approximate surface area is 163 Å². The second-order valence-electron chi connectivity index (χ2n) is 6.53. The number of nitrogens with zero attached hydrogens (tertiary/aromatic N) is 3. The molecule has 0 spiro atoms. The lowest BCUT2D eigenvalue weighted by Crippen LogP contribution is -2.64. The highest BCUT2D eigenvalue weighted by Gasteiger charge is 2.35. The molecule has 2 aliphatic rings. The molecule has 0 aliphatic carbocycles. The second kappa shape index (κ2) is 8.29. The Hall–Kier alpha value is -1.76. The molecule has 2 aliphatic heterocycles. The van der Waals surface area contributed by atoms with Crippen LogP contribution in [0.15, 0.2) is 30.9 Å². The Morgan fingerprint density at radius 2 is 1.69 bits per heavy atom. The van der Waals surface area contributed by atoms with Gasteiger partial charge in [0.25, 0.3) is 0 Å². The lowest BCUT2D eigenvalue weighted by atomic mass is 10.1. The summed E-state index contributed by atoms with van der Waals surface area (Å²) >= 11 is 11.9. The number of benzene rings is 1. The van der Waals surface area contributed by atoms with E-state index in [-0.39, 0.29) is 18.4 Å². The van der Waals surface area contributed by atoms with E-state index >= 15 is 0 Å². The molecular formula is C18H22Cl2N4O2. The molecule has 26 heavy (non-hydrogen) atoms. The predicted octanol–water partition coefficient (Wildman–Crippen LogP) is 1.95. The van der Waals surface area contributed by atoms with Crippen LogP contribution < -0.4 is 5.32 Å². The van der Waals surface area contributed by atoms with Crippen LogP contribution in [0.3, 0.4) is 0 Å². The molecule has 2 amide bonds. The lowest BCUT2D eigenvalue weighted by Gasteiger charge is -2.47. The maximum atomic E-state index is 12.4. The van der Waals surface area contributed by atoms with E-state index in [1.165, 1.54) is 6.08 Å². The van der Waals surface area contributed by atoms with Gasteiger partial charge in [-0.05, 0) is 24.3 Å². The zero-order valence-electron chi connectivity index (χ0n) is 14.5. The number of amides is 2. The van der Waals surface area contributed by atoms with Crippen LogP contribution in [0.5, 0.6) is 0 Å². The molecule has 0 bridgehead atoms. The molecule has 140 valence electrons. The number of rotatable bonds is 5. The number of likely N-dealkylation sites (tertiary alicyclic amines) is 1. The third-order valence-electron chi connectivity index (χ3n) is 4.84. The molecule has 6 nitrogen and oxygen atoms in total. The van der Waals surface area contributed by atoms with Gasteiger partial charge in [0, 0.05) is 61.0 Å². The molecule has 8 heteroatoms. The third kappa shape index (κ3) is 4.50. The van der Waals surface area contributed by atoms with Crippen molar-refractivity contribution in [2.75, 3.05) is 51.1 Å². The molecule has 2 saturated heterocycles. The molecular weight excluding hydrogens is 375 g/mol. The molecule has 0 saturated carbocycles. The number of hydrogen-bond acceptors (Lipinski definition) is 4. The van der Waals surface area contributed by atoms with Gasteiger partial charge < -0.3 is 15.1 Å². The Morgan fingerprint density at radius 1 is 1.08 bits per heavy atom. The van der Waals surface area contributed by atoms with E-state index in [1.807, 2.05) is 4.90 Å². The van der Waals surface area contributed by atoms with Crippen LogP contribution in [-0.4, -0.2) is 78.4 Å². The fourth-order valence-electron chi connectivity index (χ4n) is 3.28. The molecule has 1 aromatic rings. The van der Waals surface area contributed by atoms with Crippen molar-refractivity contribution in [2.45, 2.75) is 6.04 Å². The van der Waals surface area contributed by atoms with E-state index in [0.717, 1.165) is 31.9 Å². The minimum absolute atomic E-state index is 0.0118. The summed E-state index contributed by atoms with van der Waals surface area (Å²) in [6.45, 7) is 8.26. The van der Waals surface area contributed by atoms with Gasteiger partial charge in [0.15, 0.2) is 0 Å². The Kier molecular flexibility index (Phi) is 6.06. The number of nitrogens with one attached hydrogen (secondary N) is 1. The van der Waals surface area contributed by atoms with Crippen molar-refractivity contribution in [2.24, 2.45) is 0 Å². The number of halogens is 2. The summed E-state index contributed by atoms with van der Waals surface area (Å²) in [4.78, 5) is 29.9. The van der Waals surface area contributed by atoms with E-state index in [0.29, 0.717) is 29.2 Å². The molecule has 0 unspecified atom stereocenters. The summed E-state index contributed by atoms with van der Waals surface area (Å²) in [5, 5.41) is 4.14. The highest BCUT2D eigenvalue weighted by atomic mass is 35.5. The molecule has 2 fully saturated rings. The fraction of sp³-hybridized carbons (Fsp3) is 0.444. The molecule has 0 atom stereocenters. The Balaban J connectivity index is 1.41. The van der Waals surface area contributed by atoms with Gasteiger partial charge in [-0.1, -0.05) is 29.8 Å². The van der Waals surface area contributed by atoms with Gasteiger partial charge >= 0.3 is 0 Å². The molecule has 1 N–H and O–H groups in total. The summed E-state index contributed by atoms with van der Waals surface area (Å²) in [5.74, 6) is 0.0417. The highest BCUT2D eigenvalue weighted by Crippen LogP contribution is 2.22. The van der Waals surface area contributed by atoms with Crippen molar-refractivity contribution in [3.8, 4) is 0 Å². The van der Waals surface area contributed by atoms with Crippen LogP contribution in [0, 0.1) is 0 Å². The highest BCUT2D eigenvalue weighted by molar-refractivity contribution is 6.35. The van der Waals surface area contributed by atoms with Crippen LogP contribution in [0.2, 0.25) is 10.0 Å². The summed E-state index contributed by atoms with van der Waals surface area (Å²) in [6, 6.07) is 5.53.